The van der Waals surface area contributed by atoms with Gasteiger partial charge in [0.1, 0.15) is 0 Å². The van der Waals surface area contributed by atoms with Gasteiger partial charge in [-0.05, 0) is 33.4 Å². The molecule has 0 aliphatic heterocycles. The molecule has 0 saturated carbocycles. The van der Waals surface area contributed by atoms with E-state index in [1.807, 2.05) is 42.2 Å². The summed E-state index contributed by atoms with van der Waals surface area (Å²) in [6.45, 7) is 6.58. The summed E-state index contributed by atoms with van der Waals surface area (Å²) in [6.07, 6.45) is 1.82. The number of carbonyl (C=O) groups excluding carboxylic acids is 1. The Bertz CT molecular complexity index is 642. The summed E-state index contributed by atoms with van der Waals surface area (Å²) < 4.78 is 2.01. The Morgan fingerprint density at radius 2 is 1.91 bits per heavy atom. The Kier molecular flexibility index (Phi) is 8.66. The first-order chi connectivity index (χ1) is 9.84. The monoisotopic (exact) mass is 480 g/mol. The number of carbonyl (C=O) groups is 1. The molecule has 1 N–H and O–H groups in total. The predicted molar refractivity (Wildman–Crippen MR) is 83.9 cm³/mol. The molecule has 1 heterocycles. The molecule has 0 unspecified atom stereocenters. The zero-order chi connectivity index (χ0) is 16.0. The largest absolute Gasteiger partial charge is 0.512 e. The first-order valence-corrected chi connectivity index (χ1v) is 6.67. The summed E-state index contributed by atoms with van der Waals surface area (Å²) in [7, 11) is 1.99. The van der Waals surface area contributed by atoms with Gasteiger partial charge in [0.15, 0.2) is 5.78 Å². The minimum Gasteiger partial charge on any atom is -0.512 e. The summed E-state index contributed by atoms with van der Waals surface area (Å²) >= 11 is 0. The number of nitrogens with zero attached hydrogens (tertiary/aromatic N) is 2. The zero-order valence-electron chi connectivity index (χ0n) is 13.5. The third kappa shape index (κ3) is 5.61. The maximum atomic E-state index is 10.4. The van der Waals surface area contributed by atoms with Crippen LogP contribution < -0.4 is 0 Å². The van der Waals surface area contributed by atoms with E-state index in [2.05, 4.69) is 18.0 Å². The van der Waals surface area contributed by atoms with Crippen molar-refractivity contribution in [2.75, 3.05) is 0 Å². The molecule has 1 aromatic carbocycles. The van der Waals surface area contributed by atoms with Crippen LogP contribution in [0.2, 0.25) is 0 Å². The van der Waals surface area contributed by atoms with Crippen molar-refractivity contribution in [2.45, 2.75) is 27.7 Å². The van der Waals surface area contributed by atoms with Gasteiger partial charge in [-0.1, -0.05) is 0 Å². The van der Waals surface area contributed by atoms with E-state index in [4.69, 9.17) is 5.11 Å². The summed E-state index contributed by atoms with van der Waals surface area (Å²) in [6, 6.07) is 11.1. The van der Waals surface area contributed by atoms with Crippen LogP contribution in [0.3, 0.4) is 0 Å². The van der Waals surface area contributed by atoms with Crippen LogP contribution in [0.1, 0.15) is 26.5 Å². The zero-order valence-corrected chi connectivity index (χ0v) is 15.7. The van der Waals surface area contributed by atoms with Gasteiger partial charge >= 0.3 is 0 Å². The van der Waals surface area contributed by atoms with Gasteiger partial charge in [0.05, 0.1) is 12.1 Å². The Labute approximate surface area is 146 Å². The minimum absolute atomic E-state index is 0. The Morgan fingerprint density at radius 3 is 2.23 bits per heavy atom. The van der Waals surface area contributed by atoms with Crippen molar-refractivity contribution in [3.8, 4) is 11.3 Å². The van der Waals surface area contributed by atoms with Gasteiger partial charge in [0, 0.05) is 39.4 Å². The molecule has 0 radical (unpaired) electrons. The number of aromatic nitrogens is 2. The average molecular weight is 480 g/mol. The van der Waals surface area contributed by atoms with E-state index >= 15 is 0 Å². The van der Waals surface area contributed by atoms with Gasteiger partial charge in [-0.25, -0.2) is 0 Å². The van der Waals surface area contributed by atoms with Crippen molar-refractivity contribution in [3.05, 3.63) is 53.7 Å². The van der Waals surface area contributed by atoms with Gasteiger partial charge in [0.25, 0.3) is 0 Å². The van der Waals surface area contributed by atoms with Crippen LogP contribution >= 0.6 is 0 Å². The second-order valence-electron chi connectivity index (χ2n) is 4.83. The normalized spacial score (nSPS) is 10.8. The van der Waals surface area contributed by atoms with Crippen LogP contribution in [0, 0.1) is 13.0 Å². The Hall–Kier alpha value is -1.67. The van der Waals surface area contributed by atoms with Gasteiger partial charge in [-0.3, -0.25) is 9.78 Å². The number of aryl methyl sites for hydroxylation is 1. The topological polar surface area (TPSA) is 55.1 Å². The van der Waals surface area contributed by atoms with E-state index in [1.165, 1.54) is 19.5 Å². The van der Waals surface area contributed by atoms with Crippen LogP contribution in [0.4, 0.5) is 0 Å². The third-order valence-electron chi connectivity index (χ3n) is 3.27. The molecule has 2 aromatic rings. The molecule has 0 fully saturated rings. The molecule has 1 aromatic heterocycles. The fourth-order valence-electron chi connectivity index (χ4n) is 1.55. The fourth-order valence-corrected chi connectivity index (χ4v) is 1.55. The van der Waals surface area contributed by atoms with Gasteiger partial charge < -0.3 is 9.67 Å². The summed E-state index contributed by atoms with van der Waals surface area (Å²) in [5.41, 5.74) is 3.68. The molecule has 122 valence electrons. The molecule has 0 spiro atoms. The van der Waals surface area contributed by atoms with Crippen molar-refractivity contribution in [3.63, 3.8) is 0 Å². The van der Waals surface area contributed by atoms with Gasteiger partial charge in [0.2, 0.25) is 0 Å². The van der Waals surface area contributed by atoms with E-state index in [-0.39, 0.29) is 32.6 Å². The Balaban J connectivity index is 0.000000432. The number of rotatable bonds is 2. The van der Waals surface area contributed by atoms with E-state index in [0.717, 1.165) is 11.3 Å². The van der Waals surface area contributed by atoms with Crippen LogP contribution in [0.5, 0.6) is 0 Å². The molecule has 0 saturated heterocycles. The molecule has 0 atom stereocenters. The molecule has 4 nitrogen and oxygen atoms in total. The summed E-state index contributed by atoms with van der Waals surface area (Å²) in [4.78, 5) is 14.7. The van der Waals surface area contributed by atoms with E-state index in [9.17, 15) is 4.79 Å². The second-order valence-corrected chi connectivity index (χ2v) is 4.83. The molecule has 0 aliphatic rings. The van der Waals surface area contributed by atoms with Crippen LogP contribution in [-0.4, -0.2) is 20.4 Å². The van der Waals surface area contributed by atoms with Gasteiger partial charge in [-0.2, -0.15) is 0 Å². The number of allylic oxidation sites excluding steroid dienone is 2. The maximum Gasteiger partial charge on any atom is 0.158 e. The van der Waals surface area contributed by atoms with E-state index in [0.29, 0.717) is 5.57 Å². The molecular formula is C17H21N2O2Pt-. The van der Waals surface area contributed by atoms with E-state index in [1.54, 1.807) is 6.92 Å². The van der Waals surface area contributed by atoms with Crippen molar-refractivity contribution >= 4 is 5.78 Å². The smallest absolute Gasteiger partial charge is 0.158 e. The van der Waals surface area contributed by atoms with Crippen LogP contribution in [-0.2, 0) is 32.9 Å². The van der Waals surface area contributed by atoms with Crippen LogP contribution in [0.25, 0.3) is 11.3 Å². The van der Waals surface area contributed by atoms with Crippen molar-refractivity contribution in [1.82, 2.24) is 9.55 Å². The number of hydrogen-bond donors (Lipinski definition) is 1. The number of Topliss-reactive ketones (excluding diaryl/α,β-unsaturated/α-hetero) is 1. The number of benzene rings is 1. The number of imidazole rings is 1. The molecule has 2 rings (SSSR count). The van der Waals surface area contributed by atoms with Gasteiger partial charge in [-0.15, -0.1) is 35.9 Å². The predicted octanol–water partition coefficient (Wildman–Crippen LogP) is 3.62. The molecule has 0 amide bonds. The first-order valence-electron chi connectivity index (χ1n) is 6.67. The first kappa shape index (κ1) is 20.3. The molecule has 5 heteroatoms. The number of aliphatic hydroxyl groups is 1. The summed E-state index contributed by atoms with van der Waals surface area (Å²) in [5, 5.41) is 8.65. The van der Waals surface area contributed by atoms with Crippen LogP contribution in [0.15, 0.2) is 41.9 Å². The Morgan fingerprint density at radius 1 is 1.27 bits per heavy atom. The SMILES string of the molecule is CC(=O)/C(C)=C(/C)O.Cc1c(-c2[c-]cccc2)ncn1C.[Pt]. The number of ketones is 1. The van der Waals surface area contributed by atoms with Crippen molar-refractivity contribution in [2.24, 2.45) is 7.05 Å². The maximum absolute atomic E-state index is 10.4. The molecule has 0 bridgehead atoms. The quantitative estimate of drug-likeness (QED) is 0.406. The second kappa shape index (κ2) is 9.37. The van der Waals surface area contributed by atoms with Crippen molar-refractivity contribution < 1.29 is 31.0 Å². The average Bonchev–Trinajstić information content (AvgIpc) is 2.79. The summed E-state index contributed by atoms with van der Waals surface area (Å²) in [5.74, 6) is 0.0301. The number of aliphatic hydroxyl groups excluding tert-OH is 1. The standard InChI is InChI=1S/C11H11N2.C6H10O2.Pt/c1-9-11(12-8-13(9)2)10-6-4-3-5-7-10;1-4(5(2)7)6(3)8;/h3-6,8H,1-2H3;7H,1-3H3;/q-1;;/b;5-4-;. The molecular weight excluding hydrogens is 459 g/mol. The molecule has 0 aliphatic carbocycles. The molecule has 22 heavy (non-hydrogen) atoms. The third-order valence-corrected chi connectivity index (χ3v) is 3.27. The number of hydrogen-bond acceptors (Lipinski definition) is 3. The fraction of sp³-hybridized carbons (Fsp3) is 0.294. The van der Waals surface area contributed by atoms with Crippen molar-refractivity contribution in [1.29, 1.82) is 0 Å². The minimum atomic E-state index is -0.0787. The van der Waals surface area contributed by atoms with E-state index < -0.39 is 0 Å².